The number of H-pyrrole nitrogens is 1. The number of benzene rings is 2. The SMILES string of the molecule is N#Cc1ccc2nc(COc3ccccc3)[nH]c2c1. The Bertz CT molecular complexity index is 741. The molecule has 0 unspecified atom stereocenters. The van der Waals surface area contributed by atoms with E-state index in [4.69, 9.17) is 10.00 Å². The van der Waals surface area contributed by atoms with Crippen LogP contribution in [0.3, 0.4) is 0 Å². The molecule has 2 aromatic carbocycles. The number of nitriles is 1. The lowest BCUT2D eigenvalue weighted by atomic mass is 10.2. The molecule has 0 radical (unpaired) electrons. The van der Waals surface area contributed by atoms with Gasteiger partial charge in [-0.05, 0) is 30.3 Å². The van der Waals surface area contributed by atoms with Crippen LogP contribution < -0.4 is 4.74 Å². The van der Waals surface area contributed by atoms with Gasteiger partial charge in [-0.1, -0.05) is 18.2 Å². The summed E-state index contributed by atoms with van der Waals surface area (Å²) in [6, 6.07) is 17.1. The van der Waals surface area contributed by atoms with Crippen LogP contribution in [0.25, 0.3) is 11.0 Å². The summed E-state index contributed by atoms with van der Waals surface area (Å²) >= 11 is 0. The molecule has 0 aliphatic rings. The standard InChI is InChI=1S/C15H11N3O/c16-9-11-6-7-13-14(8-11)18-15(17-13)10-19-12-4-2-1-3-5-12/h1-8H,10H2,(H,17,18). The summed E-state index contributed by atoms with van der Waals surface area (Å²) in [5.74, 6) is 1.55. The van der Waals surface area contributed by atoms with Gasteiger partial charge in [0.2, 0.25) is 0 Å². The summed E-state index contributed by atoms with van der Waals surface area (Å²) in [5, 5.41) is 8.85. The van der Waals surface area contributed by atoms with Crippen molar-refractivity contribution < 1.29 is 4.74 Å². The van der Waals surface area contributed by atoms with Gasteiger partial charge in [0.15, 0.2) is 0 Å². The van der Waals surface area contributed by atoms with Crippen molar-refractivity contribution in [3.63, 3.8) is 0 Å². The first-order valence-corrected chi connectivity index (χ1v) is 5.92. The largest absolute Gasteiger partial charge is 0.486 e. The number of fused-ring (bicyclic) bond motifs is 1. The van der Waals surface area contributed by atoms with Crippen molar-refractivity contribution in [1.29, 1.82) is 5.26 Å². The molecule has 0 atom stereocenters. The number of hydrogen-bond acceptors (Lipinski definition) is 3. The number of imidazole rings is 1. The van der Waals surface area contributed by atoms with Gasteiger partial charge in [0, 0.05) is 0 Å². The molecule has 1 heterocycles. The number of para-hydroxylation sites is 1. The molecule has 3 rings (SSSR count). The second kappa shape index (κ2) is 4.83. The zero-order valence-electron chi connectivity index (χ0n) is 10.1. The minimum atomic E-state index is 0.376. The third-order valence-electron chi connectivity index (χ3n) is 2.78. The van der Waals surface area contributed by atoms with Gasteiger partial charge in [-0.15, -0.1) is 0 Å². The van der Waals surface area contributed by atoms with Crippen LogP contribution in [-0.2, 0) is 6.61 Å². The third kappa shape index (κ3) is 2.40. The number of ether oxygens (including phenoxy) is 1. The summed E-state index contributed by atoms with van der Waals surface area (Å²) in [6.45, 7) is 0.376. The van der Waals surface area contributed by atoms with E-state index in [1.165, 1.54) is 0 Å². The van der Waals surface area contributed by atoms with E-state index in [-0.39, 0.29) is 0 Å². The average molecular weight is 249 g/mol. The van der Waals surface area contributed by atoms with Gasteiger partial charge in [0.1, 0.15) is 18.2 Å². The molecular weight excluding hydrogens is 238 g/mol. The van der Waals surface area contributed by atoms with Crippen LogP contribution in [0.1, 0.15) is 11.4 Å². The van der Waals surface area contributed by atoms with E-state index >= 15 is 0 Å². The fraction of sp³-hybridized carbons (Fsp3) is 0.0667. The highest BCUT2D eigenvalue weighted by Crippen LogP contribution is 2.15. The first kappa shape index (κ1) is 11.3. The normalized spacial score (nSPS) is 10.3. The first-order chi connectivity index (χ1) is 9.35. The van der Waals surface area contributed by atoms with Gasteiger partial charge in [0.05, 0.1) is 22.7 Å². The Labute approximate surface area is 110 Å². The van der Waals surface area contributed by atoms with Crippen LogP contribution >= 0.6 is 0 Å². The summed E-state index contributed by atoms with van der Waals surface area (Å²) in [7, 11) is 0. The van der Waals surface area contributed by atoms with E-state index in [0.717, 1.165) is 22.6 Å². The highest BCUT2D eigenvalue weighted by atomic mass is 16.5. The summed E-state index contributed by atoms with van der Waals surface area (Å²) in [6.07, 6.45) is 0. The lowest BCUT2D eigenvalue weighted by Crippen LogP contribution is -1.96. The lowest BCUT2D eigenvalue weighted by Gasteiger charge is -2.02. The van der Waals surface area contributed by atoms with Gasteiger partial charge in [-0.3, -0.25) is 0 Å². The van der Waals surface area contributed by atoms with Gasteiger partial charge < -0.3 is 9.72 Å². The predicted molar refractivity (Wildman–Crippen MR) is 71.6 cm³/mol. The van der Waals surface area contributed by atoms with Crippen molar-refractivity contribution in [3.8, 4) is 11.8 Å². The average Bonchev–Trinajstić information content (AvgIpc) is 2.88. The summed E-state index contributed by atoms with van der Waals surface area (Å²) < 4.78 is 5.62. The molecule has 3 aromatic rings. The number of rotatable bonds is 3. The minimum absolute atomic E-state index is 0.376. The second-order valence-corrected chi connectivity index (χ2v) is 4.13. The van der Waals surface area contributed by atoms with Crippen LogP contribution in [0, 0.1) is 11.3 Å². The van der Waals surface area contributed by atoms with Gasteiger partial charge in [-0.25, -0.2) is 4.98 Å². The molecule has 19 heavy (non-hydrogen) atoms. The summed E-state index contributed by atoms with van der Waals surface area (Å²) in [4.78, 5) is 7.57. The van der Waals surface area contributed by atoms with Crippen molar-refractivity contribution in [2.45, 2.75) is 6.61 Å². The quantitative estimate of drug-likeness (QED) is 0.776. The molecule has 0 aliphatic carbocycles. The molecule has 0 aliphatic heterocycles. The second-order valence-electron chi connectivity index (χ2n) is 4.13. The highest BCUT2D eigenvalue weighted by molar-refractivity contribution is 5.76. The van der Waals surface area contributed by atoms with E-state index in [1.54, 1.807) is 12.1 Å². The van der Waals surface area contributed by atoms with E-state index < -0.39 is 0 Å². The Hall–Kier alpha value is -2.80. The van der Waals surface area contributed by atoms with E-state index in [2.05, 4.69) is 16.0 Å². The zero-order chi connectivity index (χ0) is 13.1. The monoisotopic (exact) mass is 249 g/mol. The Morgan fingerprint density at radius 3 is 2.79 bits per heavy atom. The third-order valence-corrected chi connectivity index (χ3v) is 2.78. The van der Waals surface area contributed by atoms with Gasteiger partial charge in [0.25, 0.3) is 0 Å². The smallest absolute Gasteiger partial charge is 0.146 e. The number of aromatic amines is 1. The van der Waals surface area contributed by atoms with Crippen LogP contribution in [0.2, 0.25) is 0 Å². The van der Waals surface area contributed by atoms with Crippen LogP contribution in [0.5, 0.6) is 5.75 Å². The number of aromatic nitrogens is 2. The molecule has 4 heteroatoms. The van der Waals surface area contributed by atoms with Crippen LogP contribution in [0.4, 0.5) is 0 Å². The molecule has 1 N–H and O–H groups in total. The van der Waals surface area contributed by atoms with E-state index in [0.29, 0.717) is 12.2 Å². The fourth-order valence-electron chi connectivity index (χ4n) is 1.87. The van der Waals surface area contributed by atoms with Gasteiger partial charge in [-0.2, -0.15) is 5.26 Å². The predicted octanol–water partition coefficient (Wildman–Crippen LogP) is 3.01. The van der Waals surface area contributed by atoms with Crippen molar-refractivity contribution in [2.24, 2.45) is 0 Å². The molecule has 0 spiro atoms. The maximum absolute atomic E-state index is 8.85. The zero-order valence-corrected chi connectivity index (χ0v) is 10.1. The maximum Gasteiger partial charge on any atom is 0.146 e. The van der Waals surface area contributed by atoms with Crippen molar-refractivity contribution >= 4 is 11.0 Å². The number of hydrogen-bond donors (Lipinski definition) is 1. The highest BCUT2D eigenvalue weighted by Gasteiger charge is 2.04. The Balaban J connectivity index is 1.80. The Kier molecular flexibility index (Phi) is 2.87. The van der Waals surface area contributed by atoms with E-state index in [9.17, 15) is 0 Å². The molecule has 0 amide bonds. The number of nitrogens with one attached hydrogen (secondary N) is 1. The van der Waals surface area contributed by atoms with E-state index in [1.807, 2.05) is 36.4 Å². The molecule has 92 valence electrons. The number of nitrogens with zero attached hydrogens (tertiary/aromatic N) is 2. The molecule has 1 aromatic heterocycles. The lowest BCUT2D eigenvalue weighted by molar-refractivity contribution is 0.297. The van der Waals surface area contributed by atoms with Crippen LogP contribution in [0.15, 0.2) is 48.5 Å². The molecule has 0 saturated carbocycles. The minimum Gasteiger partial charge on any atom is -0.486 e. The summed E-state index contributed by atoms with van der Waals surface area (Å²) in [5.41, 5.74) is 2.31. The maximum atomic E-state index is 8.85. The first-order valence-electron chi connectivity index (χ1n) is 5.92. The van der Waals surface area contributed by atoms with Crippen LogP contribution in [-0.4, -0.2) is 9.97 Å². The molecular formula is C15H11N3O. The molecule has 0 saturated heterocycles. The van der Waals surface area contributed by atoms with Crippen molar-refractivity contribution in [2.75, 3.05) is 0 Å². The topological polar surface area (TPSA) is 61.7 Å². The fourth-order valence-corrected chi connectivity index (χ4v) is 1.87. The van der Waals surface area contributed by atoms with Gasteiger partial charge >= 0.3 is 0 Å². The molecule has 0 fully saturated rings. The Morgan fingerprint density at radius 2 is 2.00 bits per heavy atom. The molecule has 0 bridgehead atoms. The molecule has 4 nitrogen and oxygen atoms in total. The Morgan fingerprint density at radius 1 is 1.16 bits per heavy atom. The van der Waals surface area contributed by atoms with Crippen molar-refractivity contribution in [3.05, 3.63) is 59.9 Å². The van der Waals surface area contributed by atoms with Crippen molar-refractivity contribution in [1.82, 2.24) is 9.97 Å².